The molecular weight excluding hydrogens is 250 g/mol. The minimum atomic E-state index is -0.797. The predicted octanol–water partition coefficient (Wildman–Crippen LogP) is 2.31. The maximum Gasteiger partial charge on any atom is 0.260 e. The highest BCUT2D eigenvalue weighted by Crippen LogP contribution is 2.25. The number of carbonyl (C=O) groups is 1. The largest absolute Gasteiger partial charge is 0.335 e. The summed E-state index contributed by atoms with van der Waals surface area (Å²) in [6.07, 6.45) is 3.35. The monoisotopic (exact) mass is 268 g/mol. The van der Waals surface area contributed by atoms with Gasteiger partial charge in [0.05, 0.1) is 0 Å². The third-order valence-electron chi connectivity index (χ3n) is 3.56. The molecule has 0 spiro atoms. The van der Waals surface area contributed by atoms with Crippen LogP contribution in [0.4, 0.5) is 8.78 Å². The lowest BCUT2D eigenvalue weighted by molar-refractivity contribution is 0.0719. The van der Waals surface area contributed by atoms with E-state index in [0.717, 1.165) is 37.8 Å². The molecule has 1 aromatic rings. The molecule has 1 atom stereocenters. The van der Waals surface area contributed by atoms with E-state index in [2.05, 4.69) is 0 Å². The van der Waals surface area contributed by atoms with Gasteiger partial charge in [-0.2, -0.15) is 0 Å². The van der Waals surface area contributed by atoms with E-state index in [9.17, 15) is 13.6 Å². The van der Waals surface area contributed by atoms with Crippen LogP contribution in [0.15, 0.2) is 18.2 Å². The fourth-order valence-corrected chi connectivity index (χ4v) is 2.60. The minimum Gasteiger partial charge on any atom is -0.335 e. The molecule has 0 aromatic heterocycles. The Morgan fingerprint density at radius 3 is 2.68 bits per heavy atom. The van der Waals surface area contributed by atoms with E-state index in [-0.39, 0.29) is 6.04 Å². The Bertz CT molecular complexity index is 445. The Balaban J connectivity index is 2.18. The molecule has 2 rings (SSSR count). The molecule has 0 bridgehead atoms. The molecule has 1 fully saturated rings. The van der Waals surface area contributed by atoms with Gasteiger partial charge in [0.25, 0.3) is 5.91 Å². The topological polar surface area (TPSA) is 46.3 Å². The number of hydrogen-bond donors (Lipinski definition) is 1. The van der Waals surface area contributed by atoms with Crippen LogP contribution >= 0.6 is 0 Å². The molecule has 1 heterocycles. The van der Waals surface area contributed by atoms with Crippen molar-refractivity contribution in [2.24, 2.45) is 5.73 Å². The average molecular weight is 268 g/mol. The summed E-state index contributed by atoms with van der Waals surface area (Å²) in [6.45, 7) is 1.12. The van der Waals surface area contributed by atoms with E-state index in [1.54, 1.807) is 4.90 Å². The van der Waals surface area contributed by atoms with E-state index in [4.69, 9.17) is 5.73 Å². The maximum absolute atomic E-state index is 13.6. The molecule has 19 heavy (non-hydrogen) atoms. The number of halogens is 2. The van der Waals surface area contributed by atoms with Gasteiger partial charge in [0.2, 0.25) is 0 Å². The maximum atomic E-state index is 13.6. The van der Waals surface area contributed by atoms with Crippen molar-refractivity contribution in [1.29, 1.82) is 0 Å². The summed E-state index contributed by atoms with van der Waals surface area (Å²) in [5.41, 5.74) is 5.02. The number of nitrogens with two attached hydrogens (primary N) is 1. The third-order valence-corrected chi connectivity index (χ3v) is 3.56. The molecule has 5 heteroatoms. The molecule has 0 radical (unpaired) electrons. The number of carbonyl (C=O) groups excluding carboxylic acids is 1. The summed E-state index contributed by atoms with van der Waals surface area (Å²) in [5, 5.41) is 0. The summed E-state index contributed by atoms with van der Waals surface area (Å²) in [6, 6.07) is 3.54. The van der Waals surface area contributed by atoms with Gasteiger partial charge >= 0.3 is 0 Å². The minimum absolute atomic E-state index is 0.0510. The molecule has 2 N–H and O–H groups in total. The summed E-state index contributed by atoms with van der Waals surface area (Å²) in [4.78, 5) is 13.9. The Kier molecular flexibility index (Phi) is 4.47. The second-order valence-corrected chi connectivity index (χ2v) is 4.82. The number of hydrogen-bond acceptors (Lipinski definition) is 2. The lowest BCUT2D eigenvalue weighted by Crippen LogP contribution is -2.36. The smallest absolute Gasteiger partial charge is 0.260 e. The number of amides is 1. The van der Waals surface area contributed by atoms with Crippen molar-refractivity contribution in [2.45, 2.75) is 31.7 Å². The molecule has 1 aliphatic heterocycles. The fourth-order valence-electron chi connectivity index (χ4n) is 2.60. The first-order chi connectivity index (χ1) is 9.15. The van der Waals surface area contributed by atoms with Gasteiger partial charge in [-0.25, -0.2) is 8.78 Å². The number of rotatable bonds is 4. The van der Waals surface area contributed by atoms with Crippen LogP contribution in [0, 0.1) is 11.6 Å². The SMILES string of the molecule is NCCCC1CCCN1C(=O)c1c(F)cccc1F. The standard InChI is InChI=1S/C14H18F2N2O/c15-11-6-1-7-12(16)13(11)14(19)18-9-3-5-10(18)4-2-8-17/h1,6-7,10H,2-5,8-9,17H2. The van der Waals surface area contributed by atoms with Gasteiger partial charge in [-0.15, -0.1) is 0 Å². The van der Waals surface area contributed by atoms with Crippen molar-refractivity contribution >= 4 is 5.91 Å². The van der Waals surface area contributed by atoms with Crippen LogP contribution in [0.3, 0.4) is 0 Å². The van der Waals surface area contributed by atoms with E-state index in [1.807, 2.05) is 0 Å². The zero-order chi connectivity index (χ0) is 13.8. The first-order valence-electron chi connectivity index (χ1n) is 6.60. The van der Waals surface area contributed by atoms with Crippen molar-refractivity contribution in [2.75, 3.05) is 13.1 Å². The van der Waals surface area contributed by atoms with Gasteiger partial charge in [0.1, 0.15) is 17.2 Å². The van der Waals surface area contributed by atoms with Crippen LogP contribution in [0.2, 0.25) is 0 Å². The molecule has 1 amide bonds. The molecule has 1 saturated heterocycles. The third kappa shape index (κ3) is 2.92. The molecule has 0 saturated carbocycles. The number of likely N-dealkylation sites (tertiary alicyclic amines) is 1. The van der Waals surface area contributed by atoms with E-state index in [1.165, 1.54) is 6.07 Å². The highest BCUT2D eigenvalue weighted by atomic mass is 19.1. The van der Waals surface area contributed by atoms with Crippen LogP contribution in [0.25, 0.3) is 0 Å². The quantitative estimate of drug-likeness (QED) is 0.910. The van der Waals surface area contributed by atoms with Gasteiger partial charge in [0, 0.05) is 12.6 Å². The van der Waals surface area contributed by atoms with E-state index < -0.39 is 23.1 Å². The van der Waals surface area contributed by atoms with Crippen molar-refractivity contribution in [3.05, 3.63) is 35.4 Å². The first-order valence-corrected chi connectivity index (χ1v) is 6.60. The second kappa shape index (κ2) is 6.10. The van der Waals surface area contributed by atoms with Crippen molar-refractivity contribution in [3.8, 4) is 0 Å². The number of nitrogens with zero attached hydrogens (tertiary/aromatic N) is 1. The summed E-state index contributed by atoms with van der Waals surface area (Å²) < 4.78 is 27.3. The van der Waals surface area contributed by atoms with Crippen molar-refractivity contribution < 1.29 is 13.6 Å². The van der Waals surface area contributed by atoms with Crippen LogP contribution in [-0.4, -0.2) is 29.9 Å². The Morgan fingerprint density at radius 1 is 1.37 bits per heavy atom. The molecular formula is C14H18F2N2O. The van der Waals surface area contributed by atoms with E-state index in [0.29, 0.717) is 13.1 Å². The van der Waals surface area contributed by atoms with Gasteiger partial charge < -0.3 is 10.6 Å². The molecule has 0 aliphatic carbocycles. The normalized spacial score (nSPS) is 18.9. The highest BCUT2D eigenvalue weighted by Gasteiger charge is 2.31. The first kappa shape index (κ1) is 13.9. The van der Waals surface area contributed by atoms with Crippen LogP contribution in [0.5, 0.6) is 0 Å². The zero-order valence-corrected chi connectivity index (χ0v) is 10.7. The molecule has 3 nitrogen and oxygen atoms in total. The fraction of sp³-hybridized carbons (Fsp3) is 0.500. The lowest BCUT2D eigenvalue weighted by atomic mass is 10.1. The molecule has 1 aromatic carbocycles. The van der Waals surface area contributed by atoms with Crippen LogP contribution < -0.4 is 5.73 Å². The second-order valence-electron chi connectivity index (χ2n) is 4.82. The zero-order valence-electron chi connectivity index (χ0n) is 10.7. The van der Waals surface area contributed by atoms with Crippen molar-refractivity contribution in [1.82, 2.24) is 4.90 Å². The number of benzene rings is 1. The van der Waals surface area contributed by atoms with Gasteiger partial charge in [-0.1, -0.05) is 6.07 Å². The average Bonchev–Trinajstić information content (AvgIpc) is 2.84. The summed E-state index contributed by atoms with van der Waals surface area (Å²) >= 11 is 0. The summed E-state index contributed by atoms with van der Waals surface area (Å²) in [5.74, 6) is -2.14. The Labute approximate surface area is 111 Å². The molecule has 1 aliphatic rings. The predicted molar refractivity (Wildman–Crippen MR) is 68.7 cm³/mol. The van der Waals surface area contributed by atoms with E-state index >= 15 is 0 Å². The van der Waals surface area contributed by atoms with Gasteiger partial charge in [-0.3, -0.25) is 4.79 Å². The Morgan fingerprint density at radius 2 is 2.05 bits per heavy atom. The molecule has 1 unspecified atom stereocenters. The highest BCUT2D eigenvalue weighted by molar-refractivity contribution is 5.95. The van der Waals surface area contributed by atoms with Crippen molar-refractivity contribution in [3.63, 3.8) is 0 Å². The van der Waals surface area contributed by atoms with Gasteiger partial charge in [0.15, 0.2) is 0 Å². The summed E-state index contributed by atoms with van der Waals surface area (Å²) in [7, 11) is 0. The van der Waals surface area contributed by atoms with Gasteiger partial charge in [-0.05, 0) is 44.4 Å². The lowest BCUT2D eigenvalue weighted by Gasteiger charge is -2.25. The van der Waals surface area contributed by atoms with Crippen LogP contribution in [-0.2, 0) is 0 Å². The van der Waals surface area contributed by atoms with Crippen LogP contribution in [0.1, 0.15) is 36.0 Å². The molecule has 104 valence electrons. The Hall–Kier alpha value is -1.49.